The van der Waals surface area contributed by atoms with E-state index in [4.69, 9.17) is 39.5 Å². The monoisotopic (exact) mass is 526 g/mol. The molecule has 0 spiro atoms. The molecule has 0 aliphatic rings. The summed E-state index contributed by atoms with van der Waals surface area (Å²) in [4.78, 5) is 32.4. The lowest BCUT2D eigenvalue weighted by Crippen LogP contribution is -2.39. The molecule has 0 unspecified atom stereocenters. The van der Waals surface area contributed by atoms with Crippen molar-refractivity contribution >= 4 is 63.3 Å². The normalized spacial score (nSPS) is 11.0. The fourth-order valence-electron chi connectivity index (χ4n) is 3.80. The van der Waals surface area contributed by atoms with Crippen molar-refractivity contribution in [2.45, 2.75) is 19.9 Å². The number of pyridine rings is 1. The molecule has 0 atom stereocenters. The van der Waals surface area contributed by atoms with E-state index in [0.29, 0.717) is 27.2 Å². The van der Waals surface area contributed by atoms with E-state index in [2.05, 4.69) is 4.98 Å². The van der Waals surface area contributed by atoms with Gasteiger partial charge in [-0.1, -0.05) is 71.2 Å². The predicted octanol–water partition coefficient (Wildman–Crippen LogP) is 7.46. The van der Waals surface area contributed by atoms with Crippen molar-refractivity contribution in [3.8, 4) is 11.3 Å². The average Bonchev–Trinajstić information content (AvgIpc) is 2.86. The second kappa shape index (κ2) is 10.6. The van der Waals surface area contributed by atoms with Gasteiger partial charge < -0.3 is 9.64 Å². The Hall–Kier alpha value is -3.12. The fraction of sp³-hybridized carbons (Fsp3) is 0.148. The number of halogens is 3. The third kappa shape index (κ3) is 5.27. The molecule has 4 aromatic rings. The molecule has 0 fully saturated rings. The molecule has 0 saturated carbocycles. The highest BCUT2D eigenvalue weighted by atomic mass is 35.5. The Labute approximate surface area is 218 Å². The number of amides is 1. The Kier molecular flexibility index (Phi) is 7.60. The van der Waals surface area contributed by atoms with Gasteiger partial charge in [0.2, 0.25) is 0 Å². The number of carbonyl (C=O) groups excluding carboxylic acids is 2. The van der Waals surface area contributed by atoms with Crippen molar-refractivity contribution < 1.29 is 14.3 Å². The van der Waals surface area contributed by atoms with Gasteiger partial charge in [0, 0.05) is 22.7 Å². The minimum Gasteiger partial charge on any atom is -0.452 e. The number of anilines is 1. The Bertz CT molecular complexity index is 1410. The van der Waals surface area contributed by atoms with Crippen molar-refractivity contribution in [2.75, 3.05) is 11.5 Å². The lowest BCUT2D eigenvalue weighted by molar-refractivity contribution is -0.122. The van der Waals surface area contributed by atoms with Gasteiger partial charge in [-0.3, -0.25) is 4.79 Å². The Morgan fingerprint density at radius 2 is 1.60 bits per heavy atom. The molecule has 1 heterocycles. The van der Waals surface area contributed by atoms with E-state index in [1.807, 2.05) is 50.2 Å². The highest BCUT2D eigenvalue weighted by Gasteiger charge is 2.23. The number of esters is 1. The molecule has 8 heteroatoms. The van der Waals surface area contributed by atoms with Gasteiger partial charge in [0.25, 0.3) is 5.91 Å². The molecule has 1 aromatic heterocycles. The molecule has 3 aromatic carbocycles. The van der Waals surface area contributed by atoms with Gasteiger partial charge in [-0.15, -0.1) is 0 Å². The van der Waals surface area contributed by atoms with Gasteiger partial charge in [0.05, 0.1) is 31.8 Å². The van der Waals surface area contributed by atoms with Crippen LogP contribution in [0.2, 0.25) is 15.1 Å². The molecule has 0 aliphatic heterocycles. The number of nitrogens with zero attached hydrogens (tertiary/aromatic N) is 2. The van der Waals surface area contributed by atoms with Crippen LogP contribution in [0.4, 0.5) is 5.69 Å². The standard InChI is InChI=1S/C27H21Cl3N2O3/c1-16(2)32(17-8-4-3-5-9-17)24(33)15-35-27(34)20-14-23(31-22-11-7-6-10-18(20)22)19-12-13-21(28)26(30)25(19)29/h3-14,16H,15H2,1-2H3. The summed E-state index contributed by atoms with van der Waals surface area (Å²) in [7, 11) is 0. The van der Waals surface area contributed by atoms with Gasteiger partial charge in [0.15, 0.2) is 6.61 Å². The van der Waals surface area contributed by atoms with E-state index in [1.165, 1.54) is 0 Å². The maximum Gasteiger partial charge on any atom is 0.339 e. The van der Waals surface area contributed by atoms with Crippen LogP contribution in [0, 0.1) is 0 Å². The van der Waals surface area contributed by atoms with E-state index in [9.17, 15) is 9.59 Å². The molecule has 0 saturated heterocycles. The first-order valence-electron chi connectivity index (χ1n) is 10.9. The minimum absolute atomic E-state index is 0.117. The molecule has 0 radical (unpaired) electrons. The number of rotatable bonds is 6. The number of para-hydroxylation sites is 2. The second-order valence-corrected chi connectivity index (χ2v) is 9.23. The number of fused-ring (bicyclic) bond motifs is 1. The van der Waals surface area contributed by atoms with Crippen LogP contribution in [0.3, 0.4) is 0 Å². The Morgan fingerprint density at radius 1 is 0.914 bits per heavy atom. The van der Waals surface area contributed by atoms with Crippen molar-refractivity contribution in [2.24, 2.45) is 0 Å². The van der Waals surface area contributed by atoms with Crippen LogP contribution in [-0.2, 0) is 9.53 Å². The van der Waals surface area contributed by atoms with Crippen LogP contribution < -0.4 is 4.90 Å². The number of carbonyl (C=O) groups is 2. The number of ether oxygens (including phenoxy) is 1. The fourth-order valence-corrected chi connectivity index (χ4v) is 4.43. The zero-order valence-corrected chi connectivity index (χ0v) is 21.2. The molecule has 0 N–H and O–H groups in total. The largest absolute Gasteiger partial charge is 0.452 e. The maximum atomic E-state index is 13.2. The molecule has 5 nitrogen and oxygen atoms in total. The maximum absolute atomic E-state index is 13.2. The number of hydrogen-bond acceptors (Lipinski definition) is 4. The summed E-state index contributed by atoms with van der Waals surface area (Å²) in [6.45, 7) is 3.39. The molecular weight excluding hydrogens is 507 g/mol. The summed E-state index contributed by atoms with van der Waals surface area (Å²) in [5, 5.41) is 1.33. The number of hydrogen-bond donors (Lipinski definition) is 0. The summed E-state index contributed by atoms with van der Waals surface area (Å²) >= 11 is 18.7. The van der Waals surface area contributed by atoms with Gasteiger partial charge in [-0.05, 0) is 50.2 Å². The van der Waals surface area contributed by atoms with E-state index in [1.54, 1.807) is 41.3 Å². The zero-order valence-electron chi connectivity index (χ0n) is 19.0. The summed E-state index contributed by atoms with van der Waals surface area (Å²) in [5.74, 6) is -0.975. The third-order valence-electron chi connectivity index (χ3n) is 5.39. The van der Waals surface area contributed by atoms with Crippen molar-refractivity contribution in [3.05, 3.63) is 93.4 Å². The molecule has 178 valence electrons. The second-order valence-electron chi connectivity index (χ2n) is 8.06. The number of benzene rings is 3. The quantitative estimate of drug-likeness (QED) is 0.193. The Balaban J connectivity index is 1.66. The smallest absolute Gasteiger partial charge is 0.339 e. The summed E-state index contributed by atoms with van der Waals surface area (Å²) < 4.78 is 5.48. The first-order valence-corrected chi connectivity index (χ1v) is 12.0. The van der Waals surface area contributed by atoms with Crippen LogP contribution in [0.15, 0.2) is 72.8 Å². The van der Waals surface area contributed by atoms with Gasteiger partial charge in [-0.25, -0.2) is 9.78 Å². The van der Waals surface area contributed by atoms with Gasteiger partial charge in [0.1, 0.15) is 0 Å². The predicted molar refractivity (Wildman–Crippen MR) is 142 cm³/mol. The van der Waals surface area contributed by atoms with Crippen molar-refractivity contribution in [1.82, 2.24) is 4.98 Å². The molecule has 35 heavy (non-hydrogen) atoms. The van der Waals surface area contributed by atoms with Crippen LogP contribution in [0.1, 0.15) is 24.2 Å². The van der Waals surface area contributed by atoms with Crippen LogP contribution in [-0.4, -0.2) is 29.5 Å². The number of aromatic nitrogens is 1. The van der Waals surface area contributed by atoms with Gasteiger partial charge >= 0.3 is 5.97 Å². The van der Waals surface area contributed by atoms with E-state index < -0.39 is 12.6 Å². The van der Waals surface area contributed by atoms with Crippen molar-refractivity contribution in [1.29, 1.82) is 0 Å². The highest BCUT2D eigenvalue weighted by Crippen LogP contribution is 2.38. The summed E-state index contributed by atoms with van der Waals surface area (Å²) in [6.07, 6.45) is 0. The topological polar surface area (TPSA) is 59.5 Å². The molecule has 4 rings (SSSR count). The molecule has 0 aliphatic carbocycles. The SMILES string of the molecule is CC(C)N(C(=O)COC(=O)c1cc(-c2ccc(Cl)c(Cl)c2Cl)nc2ccccc12)c1ccccc1. The van der Waals surface area contributed by atoms with E-state index in [-0.39, 0.29) is 27.6 Å². The first-order chi connectivity index (χ1) is 16.8. The lowest BCUT2D eigenvalue weighted by Gasteiger charge is -2.26. The Morgan fingerprint density at radius 3 is 2.31 bits per heavy atom. The first kappa shape index (κ1) is 25.0. The molecule has 0 bridgehead atoms. The highest BCUT2D eigenvalue weighted by molar-refractivity contribution is 6.49. The summed E-state index contributed by atoms with van der Waals surface area (Å²) in [6, 6.07) is 21.2. The molecular formula is C27H21Cl3N2O3. The van der Waals surface area contributed by atoms with E-state index >= 15 is 0 Å². The molecule has 1 amide bonds. The van der Waals surface area contributed by atoms with Gasteiger partial charge in [-0.2, -0.15) is 0 Å². The van der Waals surface area contributed by atoms with Crippen molar-refractivity contribution in [3.63, 3.8) is 0 Å². The van der Waals surface area contributed by atoms with E-state index in [0.717, 1.165) is 5.69 Å². The summed E-state index contributed by atoms with van der Waals surface area (Å²) in [5.41, 5.74) is 2.51. The minimum atomic E-state index is -0.647. The average molecular weight is 528 g/mol. The van der Waals surface area contributed by atoms with Crippen LogP contribution >= 0.6 is 34.8 Å². The van der Waals surface area contributed by atoms with Crippen LogP contribution in [0.5, 0.6) is 0 Å². The lowest BCUT2D eigenvalue weighted by atomic mass is 10.0. The van der Waals surface area contributed by atoms with Crippen LogP contribution in [0.25, 0.3) is 22.2 Å². The third-order valence-corrected chi connectivity index (χ3v) is 6.69. The zero-order chi connectivity index (χ0) is 25.1.